The topological polar surface area (TPSA) is 58.1 Å². The highest BCUT2D eigenvalue weighted by Crippen LogP contribution is 2.21. The number of piperidine rings is 1. The maximum Gasteiger partial charge on any atom is 0.225 e. The monoisotopic (exact) mass is 340 g/mol. The summed E-state index contributed by atoms with van der Waals surface area (Å²) in [6.07, 6.45) is 5.39. The van der Waals surface area contributed by atoms with Crippen LogP contribution in [0, 0.1) is 5.92 Å². The van der Waals surface area contributed by atoms with Gasteiger partial charge in [0.1, 0.15) is 0 Å². The largest absolute Gasteiger partial charge is 0.351 e. The van der Waals surface area contributed by atoms with Crippen molar-refractivity contribution in [3.8, 4) is 0 Å². The van der Waals surface area contributed by atoms with Crippen LogP contribution in [-0.4, -0.2) is 34.5 Å². The van der Waals surface area contributed by atoms with Gasteiger partial charge in [-0.05, 0) is 49.5 Å². The molecule has 1 aliphatic rings. The molecule has 2 rings (SSSR count). The highest BCUT2D eigenvalue weighted by Gasteiger charge is 2.28. The molecular weight excluding hydrogens is 320 g/mol. The molecule has 1 saturated heterocycles. The van der Waals surface area contributed by atoms with Crippen molar-refractivity contribution in [1.29, 1.82) is 0 Å². The predicted octanol–water partition coefficient (Wildman–Crippen LogP) is 2.37. The summed E-state index contributed by atoms with van der Waals surface area (Å²) in [7, 11) is 0. The molecular formula is C14H21BrN4O. The minimum absolute atomic E-state index is 0.00946. The molecule has 110 valence electrons. The lowest BCUT2D eigenvalue weighted by Crippen LogP contribution is -2.49. The zero-order chi connectivity index (χ0) is 14.8. The average Bonchev–Trinajstić information content (AvgIpc) is 2.38. The molecule has 0 bridgehead atoms. The van der Waals surface area contributed by atoms with Crippen LogP contribution in [0.15, 0.2) is 16.9 Å². The lowest BCUT2D eigenvalue weighted by atomic mass is 9.96. The molecule has 1 atom stereocenters. The van der Waals surface area contributed by atoms with Crippen LogP contribution in [0.2, 0.25) is 0 Å². The molecule has 0 saturated carbocycles. The van der Waals surface area contributed by atoms with Crippen LogP contribution in [0.1, 0.15) is 33.6 Å². The van der Waals surface area contributed by atoms with Crippen molar-refractivity contribution in [2.24, 2.45) is 5.92 Å². The van der Waals surface area contributed by atoms with E-state index in [9.17, 15) is 4.79 Å². The molecule has 1 unspecified atom stereocenters. The molecule has 0 spiro atoms. The van der Waals surface area contributed by atoms with Gasteiger partial charge in [-0.3, -0.25) is 4.79 Å². The Morgan fingerprint density at radius 2 is 2.05 bits per heavy atom. The molecule has 1 fully saturated rings. The Kier molecular flexibility index (Phi) is 4.62. The van der Waals surface area contributed by atoms with Gasteiger partial charge in [0.15, 0.2) is 0 Å². The first-order valence-electron chi connectivity index (χ1n) is 6.90. The summed E-state index contributed by atoms with van der Waals surface area (Å²) in [5.74, 6) is 0.830. The fourth-order valence-electron chi connectivity index (χ4n) is 2.31. The number of hydrogen-bond donors (Lipinski definition) is 1. The number of hydrogen-bond acceptors (Lipinski definition) is 4. The van der Waals surface area contributed by atoms with E-state index in [4.69, 9.17) is 0 Å². The number of nitrogens with one attached hydrogen (secondary N) is 1. The Hall–Kier alpha value is -1.17. The SMILES string of the molecule is CC(C)(C)NC(=O)C1CCCN(c2ncc(Br)cn2)C1. The van der Waals surface area contributed by atoms with Gasteiger partial charge < -0.3 is 10.2 Å². The van der Waals surface area contributed by atoms with Crippen molar-refractivity contribution in [2.75, 3.05) is 18.0 Å². The van der Waals surface area contributed by atoms with E-state index in [0.717, 1.165) is 23.9 Å². The minimum Gasteiger partial charge on any atom is -0.351 e. The number of rotatable bonds is 2. The molecule has 1 aromatic rings. The molecule has 5 nitrogen and oxygen atoms in total. The molecule has 0 aromatic carbocycles. The maximum absolute atomic E-state index is 12.3. The number of carbonyl (C=O) groups excluding carboxylic acids is 1. The molecule has 1 amide bonds. The number of halogens is 1. The van der Waals surface area contributed by atoms with Gasteiger partial charge in [-0.1, -0.05) is 0 Å². The summed E-state index contributed by atoms with van der Waals surface area (Å²) in [5.41, 5.74) is -0.187. The number of aromatic nitrogens is 2. The van der Waals surface area contributed by atoms with Gasteiger partial charge in [-0.25, -0.2) is 9.97 Å². The minimum atomic E-state index is -0.187. The van der Waals surface area contributed by atoms with E-state index in [1.807, 2.05) is 20.8 Å². The zero-order valence-electron chi connectivity index (χ0n) is 12.2. The van der Waals surface area contributed by atoms with Crippen LogP contribution in [0.5, 0.6) is 0 Å². The van der Waals surface area contributed by atoms with Gasteiger partial charge in [0.2, 0.25) is 11.9 Å². The summed E-state index contributed by atoms with van der Waals surface area (Å²) in [4.78, 5) is 23.0. The summed E-state index contributed by atoms with van der Waals surface area (Å²) in [6, 6.07) is 0. The summed E-state index contributed by atoms with van der Waals surface area (Å²) < 4.78 is 0.861. The standard InChI is InChI=1S/C14H21BrN4O/c1-14(2,3)18-12(20)10-5-4-6-19(9-10)13-16-7-11(15)8-17-13/h7-8,10H,4-6,9H2,1-3H3,(H,18,20). The summed E-state index contributed by atoms with van der Waals surface area (Å²) in [5, 5.41) is 3.06. The first-order valence-corrected chi connectivity index (χ1v) is 7.69. The van der Waals surface area contributed by atoms with Crippen LogP contribution in [0.4, 0.5) is 5.95 Å². The smallest absolute Gasteiger partial charge is 0.225 e. The van der Waals surface area contributed by atoms with Crippen LogP contribution in [0.3, 0.4) is 0 Å². The second-order valence-corrected chi connectivity index (χ2v) is 7.14. The van der Waals surface area contributed by atoms with E-state index in [0.29, 0.717) is 12.5 Å². The van der Waals surface area contributed by atoms with E-state index in [1.54, 1.807) is 12.4 Å². The van der Waals surface area contributed by atoms with Gasteiger partial charge in [0.25, 0.3) is 0 Å². The second-order valence-electron chi connectivity index (χ2n) is 6.23. The molecule has 20 heavy (non-hydrogen) atoms. The Morgan fingerprint density at radius 1 is 1.40 bits per heavy atom. The third-order valence-electron chi connectivity index (χ3n) is 3.18. The second kappa shape index (κ2) is 6.08. The third kappa shape index (κ3) is 4.16. The van der Waals surface area contributed by atoms with Gasteiger partial charge in [-0.15, -0.1) is 0 Å². The summed E-state index contributed by atoms with van der Waals surface area (Å²) in [6.45, 7) is 7.60. The first-order chi connectivity index (χ1) is 9.35. The van der Waals surface area contributed by atoms with Crippen LogP contribution < -0.4 is 10.2 Å². The quantitative estimate of drug-likeness (QED) is 0.897. The van der Waals surface area contributed by atoms with Crippen molar-refractivity contribution < 1.29 is 4.79 Å². The van der Waals surface area contributed by atoms with Gasteiger partial charge in [0.05, 0.1) is 10.4 Å². The highest BCUT2D eigenvalue weighted by atomic mass is 79.9. The van der Waals surface area contributed by atoms with Crippen molar-refractivity contribution in [2.45, 2.75) is 39.2 Å². The number of nitrogens with zero attached hydrogens (tertiary/aromatic N) is 3. The third-order valence-corrected chi connectivity index (χ3v) is 3.59. The van der Waals surface area contributed by atoms with E-state index >= 15 is 0 Å². The van der Waals surface area contributed by atoms with E-state index < -0.39 is 0 Å². The predicted molar refractivity (Wildman–Crippen MR) is 82.6 cm³/mol. The van der Waals surface area contributed by atoms with Gasteiger partial charge >= 0.3 is 0 Å². The number of amides is 1. The molecule has 0 aliphatic carbocycles. The fourth-order valence-corrected chi connectivity index (χ4v) is 2.52. The Balaban J connectivity index is 2.01. The van der Waals surface area contributed by atoms with Crippen molar-refractivity contribution in [3.63, 3.8) is 0 Å². The molecule has 0 radical (unpaired) electrons. The molecule has 1 aromatic heterocycles. The van der Waals surface area contributed by atoms with Crippen LogP contribution in [0.25, 0.3) is 0 Å². The Morgan fingerprint density at radius 3 is 2.65 bits per heavy atom. The van der Waals surface area contributed by atoms with E-state index in [-0.39, 0.29) is 17.4 Å². The zero-order valence-corrected chi connectivity index (χ0v) is 13.8. The van der Waals surface area contributed by atoms with Crippen molar-refractivity contribution >= 4 is 27.8 Å². The van der Waals surface area contributed by atoms with Crippen molar-refractivity contribution in [3.05, 3.63) is 16.9 Å². The molecule has 1 N–H and O–H groups in total. The lowest BCUT2D eigenvalue weighted by Gasteiger charge is -2.33. The lowest BCUT2D eigenvalue weighted by molar-refractivity contribution is -0.126. The van der Waals surface area contributed by atoms with Crippen LogP contribution >= 0.6 is 15.9 Å². The van der Waals surface area contributed by atoms with Gasteiger partial charge in [0, 0.05) is 31.0 Å². The fraction of sp³-hybridized carbons (Fsp3) is 0.643. The summed E-state index contributed by atoms with van der Waals surface area (Å²) >= 11 is 3.33. The Bertz CT molecular complexity index is 469. The molecule has 6 heteroatoms. The Labute approximate surface area is 128 Å². The maximum atomic E-state index is 12.3. The number of anilines is 1. The van der Waals surface area contributed by atoms with E-state index in [2.05, 4.69) is 36.1 Å². The van der Waals surface area contributed by atoms with Crippen molar-refractivity contribution in [1.82, 2.24) is 15.3 Å². The van der Waals surface area contributed by atoms with E-state index in [1.165, 1.54) is 0 Å². The van der Waals surface area contributed by atoms with Gasteiger partial charge in [-0.2, -0.15) is 0 Å². The number of carbonyl (C=O) groups is 1. The first kappa shape index (κ1) is 15.2. The highest BCUT2D eigenvalue weighted by molar-refractivity contribution is 9.10. The van der Waals surface area contributed by atoms with Crippen LogP contribution in [-0.2, 0) is 4.79 Å². The normalized spacial score (nSPS) is 19.8. The molecule has 2 heterocycles. The molecule has 1 aliphatic heterocycles. The average molecular weight is 341 g/mol.